The lowest BCUT2D eigenvalue weighted by Gasteiger charge is -2.23. The number of hydrogen-bond acceptors (Lipinski definition) is 7. The van der Waals surface area contributed by atoms with Gasteiger partial charge in [0.15, 0.2) is 0 Å². The molecule has 206 valence electrons. The number of methoxy groups -OCH3 is 1. The topological polar surface area (TPSA) is 137 Å². The van der Waals surface area contributed by atoms with Crippen LogP contribution in [-0.4, -0.2) is 42.7 Å². The fourth-order valence-corrected chi connectivity index (χ4v) is 4.03. The van der Waals surface area contributed by atoms with Crippen molar-refractivity contribution in [1.29, 1.82) is 10.5 Å². The Morgan fingerprint density at radius 2 is 1.80 bits per heavy atom. The highest BCUT2D eigenvalue weighted by molar-refractivity contribution is 6.34. The second kappa shape index (κ2) is 12.4. The van der Waals surface area contributed by atoms with Crippen LogP contribution < -0.4 is 14.4 Å². The monoisotopic (exact) mass is 572 g/mol. The smallest absolute Gasteiger partial charge is 0.433 e. The number of anilines is 1. The van der Waals surface area contributed by atoms with Gasteiger partial charge in [-0.1, -0.05) is 17.7 Å². The molecule has 2 aromatic carbocycles. The van der Waals surface area contributed by atoms with E-state index in [-0.39, 0.29) is 69.5 Å². The van der Waals surface area contributed by atoms with Gasteiger partial charge in [0, 0.05) is 36.9 Å². The Balaban J connectivity index is 2.18. The Bertz CT molecular complexity index is 1550. The van der Waals surface area contributed by atoms with Crippen LogP contribution in [0.3, 0.4) is 0 Å². The standard InChI is InChI=1S/C27H20ClF3N4O5/c1-35(25-15(12-32)5-3-6-21(25)39-2)26(38)18-10-17(20(28)11-22(18)40-8-4-7-24(36)37)19-14-34-23(27(29,30)31)9-16(19)13-33/h3,5-6,9-11,14H,4,7-8H2,1-2H3,(H,36,37). The lowest BCUT2D eigenvalue weighted by Crippen LogP contribution is -2.28. The van der Waals surface area contributed by atoms with E-state index in [1.54, 1.807) is 18.2 Å². The number of aliphatic carboxylic acids is 1. The number of alkyl halides is 3. The molecule has 0 fully saturated rings. The number of rotatable bonds is 9. The zero-order valence-electron chi connectivity index (χ0n) is 21.0. The van der Waals surface area contributed by atoms with E-state index in [2.05, 4.69) is 4.98 Å². The Hall–Kier alpha value is -4.81. The maximum Gasteiger partial charge on any atom is 0.433 e. The lowest BCUT2D eigenvalue weighted by atomic mass is 9.98. The van der Waals surface area contributed by atoms with Gasteiger partial charge in [0.2, 0.25) is 0 Å². The number of carboxylic acid groups (broad SMARTS) is 1. The minimum Gasteiger partial charge on any atom is -0.495 e. The first-order valence-electron chi connectivity index (χ1n) is 11.4. The second-order valence-electron chi connectivity index (χ2n) is 8.23. The van der Waals surface area contributed by atoms with E-state index >= 15 is 0 Å². The number of carbonyl (C=O) groups is 2. The number of para-hydroxylation sites is 1. The van der Waals surface area contributed by atoms with Gasteiger partial charge in [0.25, 0.3) is 5.91 Å². The van der Waals surface area contributed by atoms with Crippen molar-refractivity contribution in [2.24, 2.45) is 0 Å². The van der Waals surface area contributed by atoms with E-state index < -0.39 is 23.7 Å². The number of benzene rings is 2. The first kappa shape index (κ1) is 29.7. The summed E-state index contributed by atoms with van der Waals surface area (Å²) in [6, 6.07) is 11.3. The number of hydrogen-bond donors (Lipinski definition) is 1. The van der Waals surface area contributed by atoms with E-state index in [9.17, 15) is 33.3 Å². The summed E-state index contributed by atoms with van der Waals surface area (Å²) in [5, 5.41) is 28.0. The quantitative estimate of drug-likeness (QED) is 0.323. The minimum absolute atomic E-state index is 0.0228. The van der Waals surface area contributed by atoms with Crippen molar-refractivity contribution >= 4 is 29.2 Å². The van der Waals surface area contributed by atoms with E-state index in [1.807, 2.05) is 6.07 Å². The van der Waals surface area contributed by atoms with Gasteiger partial charge in [0.1, 0.15) is 28.9 Å². The summed E-state index contributed by atoms with van der Waals surface area (Å²) in [6.07, 6.45) is -4.06. The average Bonchev–Trinajstić information content (AvgIpc) is 2.93. The van der Waals surface area contributed by atoms with Gasteiger partial charge >= 0.3 is 12.1 Å². The highest BCUT2D eigenvalue weighted by Crippen LogP contribution is 2.39. The number of nitriles is 2. The van der Waals surface area contributed by atoms with Crippen molar-refractivity contribution in [3.63, 3.8) is 0 Å². The van der Waals surface area contributed by atoms with Crippen molar-refractivity contribution < 1.29 is 37.3 Å². The fourth-order valence-electron chi connectivity index (χ4n) is 3.78. The van der Waals surface area contributed by atoms with Crippen molar-refractivity contribution in [3.05, 3.63) is 70.0 Å². The molecule has 1 amide bonds. The summed E-state index contributed by atoms with van der Waals surface area (Å²) >= 11 is 6.43. The largest absolute Gasteiger partial charge is 0.495 e. The van der Waals surface area contributed by atoms with Gasteiger partial charge in [-0.05, 0) is 30.7 Å². The van der Waals surface area contributed by atoms with E-state index in [0.29, 0.717) is 6.07 Å². The number of halogens is 4. The minimum atomic E-state index is -4.79. The molecule has 0 aliphatic rings. The molecule has 0 atom stereocenters. The molecule has 0 unspecified atom stereocenters. The van der Waals surface area contributed by atoms with E-state index in [1.165, 1.54) is 32.4 Å². The molecule has 0 aliphatic carbocycles. The maximum absolute atomic E-state index is 13.8. The van der Waals surface area contributed by atoms with Crippen LogP contribution in [-0.2, 0) is 11.0 Å². The lowest BCUT2D eigenvalue weighted by molar-refractivity contribution is -0.141. The van der Waals surface area contributed by atoms with Crippen LogP contribution >= 0.6 is 11.6 Å². The second-order valence-corrected chi connectivity index (χ2v) is 8.64. The normalized spacial score (nSPS) is 10.8. The molecule has 40 heavy (non-hydrogen) atoms. The molecule has 0 saturated heterocycles. The molecular formula is C27H20ClF3N4O5. The summed E-state index contributed by atoms with van der Waals surface area (Å²) in [7, 11) is 2.74. The Morgan fingerprint density at radius 3 is 2.40 bits per heavy atom. The number of aromatic nitrogens is 1. The van der Waals surface area contributed by atoms with Gasteiger partial charge in [-0.15, -0.1) is 0 Å². The van der Waals surface area contributed by atoms with Crippen molar-refractivity contribution in [3.8, 4) is 34.8 Å². The molecule has 1 heterocycles. The van der Waals surface area contributed by atoms with Crippen molar-refractivity contribution in [2.45, 2.75) is 19.0 Å². The predicted molar refractivity (Wildman–Crippen MR) is 137 cm³/mol. The molecule has 0 radical (unpaired) electrons. The first-order valence-corrected chi connectivity index (χ1v) is 11.8. The zero-order chi connectivity index (χ0) is 29.6. The predicted octanol–water partition coefficient (Wildman–Crippen LogP) is 5.69. The summed E-state index contributed by atoms with van der Waals surface area (Å²) in [5.74, 6) is -1.60. The van der Waals surface area contributed by atoms with Gasteiger partial charge < -0.3 is 19.5 Å². The Kier molecular flexibility index (Phi) is 9.19. The van der Waals surface area contributed by atoms with Crippen LogP contribution in [0.5, 0.6) is 11.5 Å². The molecule has 3 rings (SSSR count). The summed E-state index contributed by atoms with van der Waals surface area (Å²) < 4.78 is 50.5. The third-order valence-electron chi connectivity index (χ3n) is 5.68. The molecule has 3 aromatic rings. The average molecular weight is 573 g/mol. The SMILES string of the molecule is COc1cccc(C#N)c1N(C)C(=O)c1cc(-c2cnc(C(F)(F)F)cc2C#N)c(Cl)cc1OCCCC(=O)O. The molecule has 0 spiro atoms. The Morgan fingerprint density at radius 1 is 1.10 bits per heavy atom. The van der Waals surface area contributed by atoms with Crippen LogP contribution in [0.25, 0.3) is 11.1 Å². The van der Waals surface area contributed by atoms with Crippen LogP contribution in [0.2, 0.25) is 5.02 Å². The van der Waals surface area contributed by atoms with E-state index in [4.69, 9.17) is 26.2 Å². The molecule has 0 saturated carbocycles. The molecule has 1 N–H and O–H groups in total. The number of nitrogens with zero attached hydrogens (tertiary/aromatic N) is 4. The third kappa shape index (κ3) is 6.42. The van der Waals surface area contributed by atoms with Gasteiger partial charge in [-0.2, -0.15) is 23.7 Å². The van der Waals surface area contributed by atoms with Crippen LogP contribution in [0.4, 0.5) is 18.9 Å². The van der Waals surface area contributed by atoms with Crippen molar-refractivity contribution in [1.82, 2.24) is 4.98 Å². The molecule has 9 nitrogen and oxygen atoms in total. The molecule has 0 aliphatic heterocycles. The highest BCUT2D eigenvalue weighted by Gasteiger charge is 2.33. The van der Waals surface area contributed by atoms with Crippen LogP contribution in [0, 0.1) is 22.7 Å². The number of amides is 1. The molecular weight excluding hydrogens is 553 g/mol. The van der Waals surface area contributed by atoms with Gasteiger partial charge in [-0.25, -0.2) is 0 Å². The molecule has 13 heteroatoms. The summed E-state index contributed by atoms with van der Waals surface area (Å²) in [4.78, 5) is 29.2. The number of pyridine rings is 1. The van der Waals surface area contributed by atoms with Crippen LogP contribution in [0.15, 0.2) is 42.6 Å². The summed E-state index contributed by atoms with van der Waals surface area (Å²) in [6.45, 7) is -0.102. The maximum atomic E-state index is 13.8. The van der Waals surface area contributed by atoms with E-state index in [0.717, 1.165) is 11.1 Å². The zero-order valence-corrected chi connectivity index (χ0v) is 21.8. The van der Waals surface area contributed by atoms with Crippen molar-refractivity contribution in [2.75, 3.05) is 25.7 Å². The first-order chi connectivity index (χ1) is 18.9. The molecule has 0 bridgehead atoms. The summed E-state index contributed by atoms with van der Waals surface area (Å²) in [5.41, 5.74) is -1.58. The highest BCUT2D eigenvalue weighted by atomic mass is 35.5. The Labute approximate surface area is 231 Å². The van der Waals surface area contributed by atoms with Gasteiger partial charge in [0.05, 0.1) is 41.5 Å². The number of carboxylic acids is 1. The third-order valence-corrected chi connectivity index (χ3v) is 5.99. The molecule has 1 aromatic heterocycles. The fraction of sp³-hybridized carbons (Fsp3) is 0.222. The number of carbonyl (C=O) groups excluding carboxylic acids is 1. The van der Waals surface area contributed by atoms with Gasteiger partial charge in [-0.3, -0.25) is 14.6 Å². The number of ether oxygens (including phenoxy) is 2. The van der Waals surface area contributed by atoms with Crippen LogP contribution in [0.1, 0.15) is 40.0 Å².